The fourth-order valence-corrected chi connectivity index (χ4v) is 4.95. The zero-order valence-electron chi connectivity index (χ0n) is 15.3. The minimum atomic E-state index is 0.141. The van der Waals surface area contributed by atoms with Gasteiger partial charge in [0.1, 0.15) is 5.75 Å². The number of halogens is 1. The molecule has 1 spiro atoms. The van der Waals surface area contributed by atoms with E-state index in [0.29, 0.717) is 12.0 Å². The lowest BCUT2D eigenvalue weighted by atomic mass is 9.71. The highest BCUT2D eigenvalue weighted by atomic mass is 35.5. The average molecular weight is 371 g/mol. The Morgan fingerprint density at radius 2 is 1.96 bits per heavy atom. The third kappa shape index (κ3) is 3.36. The average Bonchev–Trinajstić information content (AvgIpc) is 2.70. The van der Waals surface area contributed by atoms with E-state index in [-0.39, 0.29) is 5.54 Å². The van der Waals surface area contributed by atoms with Gasteiger partial charge in [-0.2, -0.15) is 0 Å². The number of piperidine rings is 2. The number of methoxy groups -OCH3 is 1. The van der Waals surface area contributed by atoms with E-state index in [2.05, 4.69) is 47.0 Å². The van der Waals surface area contributed by atoms with Crippen LogP contribution in [0.5, 0.6) is 5.75 Å². The Labute approximate surface area is 161 Å². The molecule has 0 amide bonds. The summed E-state index contributed by atoms with van der Waals surface area (Å²) >= 11 is 6.25. The number of rotatable bonds is 3. The fourth-order valence-electron chi connectivity index (χ4n) is 4.77. The van der Waals surface area contributed by atoms with Crippen LogP contribution in [0.1, 0.15) is 48.8 Å². The summed E-state index contributed by atoms with van der Waals surface area (Å²) in [6, 6.07) is 17.2. The molecule has 2 aromatic carbocycles. The summed E-state index contributed by atoms with van der Waals surface area (Å²) in [5, 5.41) is 8.50. The van der Waals surface area contributed by atoms with Gasteiger partial charge in [0.25, 0.3) is 0 Å². The highest BCUT2D eigenvalue weighted by Crippen LogP contribution is 2.43. The zero-order valence-corrected chi connectivity index (χ0v) is 16.1. The van der Waals surface area contributed by atoms with Crippen LogP contribution in [-0.4, -0.2) is 25.7 Å². The summed E-state index contributed by atoms with van der Waals surface area (Å²) in [5.74, 6) is 1.38. The predicted octanol–water partition coefficient (Wildman–Crippen LogP) is 4.68. The first-order chi connectivity index (χ1) is 12.7. The first kappa shape index (κ1) is 17.8. The number of hydrogen-bond donors (Lipinski definition) is 2. The third-order valence-electron chi connectivity index (χ3n) is 6.10. The van der Waals surface area contributed by atoms with E-state index >= 15 is 0 Å². The SMILES string of the molecule is COc1ccc(Cl)cc1[C@H]1CC[C@]2(CCCNC2c2ccccc2)NC1. The fraction of sp³-hybridized carbons (Fsp3) is 0.455. The Kier molecular flexibility index (Phi) is 5.21. The van der Waals surface area contributed by atoms with Gasteiger partial charge in [0.2, 0.25) is 0 Å². The molecule has 4 rings (SSSR count). The number of nitrogens with one attached hydrogen (secondary N) is 2. The quantitative estimate of drug-likeness (QED) is 0.823. The van der Waals surface area contributed by atoms with E-state index in [1.165, 1.54) is 24.0 Å². The third-order valence-corrected chi connectivity index (χ3v) is 6.34. The van der Waals surface area contributed by atoms with Crippen LogP contribution in [0.15, 0.2) is 48.5 Å². The monoisotopic (exact) mass is 370 g/mol. The Balaban J connectivity index is 1.56. The van der Waals surface area contributed by atoms with Gasteiger partial charge in [-0.05, 0) is 61.6 Å². The van der Waals surface area contributed by atoms with Crippen molar-refractivity contribution >= 4 is 11.6 Å². The maximum atomic E-state index is 6.25. The van der Waals surface area contributed by atoms with E-state index in [1.54, 1.807) is 7.11 Å². The smallest absolute Gasteiger partial charge is 0.122 e. The Morgan fingerprint density at radius 3 is 2.69 bits per heavy atom. The van der Waals surface area contributed by atoms with Crippen LogP contribution in [0.25, 0.3) is 0 Å². The van der Waals surface area contributed by atoms with Gasteiger partial charge in [-0.3, -0.25) is 0 Å². The second-order valence-electron chi connectivity index (χ2n) is 7.56. The highest BCUT2D eigenvalue weighted by molar-refractivity contribution is 6.30. The molecule has 3 nitrogen and oxygen atoms in total. The molecular formula is C22H27ClN2O. The molecule has 0 aliphatic carbocycles. The van der Waals surface area contributed by atoms with E-state index < -0.39 is 0 Å². The lowest BCUT2D eigenvalue weighted by Gasteiger charge is -2.50. The van der Waals surface area contributed by atoms with Crippen LogP contribution in [0.3, 0.4) is 0 Å². The molecule has 2 fully saturated rings. The summed E-state index contributed by atoms with van der Waals surface area (Å²) in [4.78, 5) is 0. The lowest BCUT2D eigenvalue weighted by molar-refractivity contribution is 0.131. The predicted molar refractivity (Wildman–Crippen MR) is 107 cm³/mol. The maximum absolute atomic E-state index is 6.25. The van der Waals surface area contributed by atoms with Gasteiger partial charge in [-0.25, -0.2) is 0 Å². The molecular weight excluding hydrogens is 344 g/mol. The zero-order chi connectivity index (χ0) is 18.0. The van der Waals surface area contributed by atoms with Gasteiger partial charge in [0.05, 0.1) is 13.2 Å². The molecule has 4 heteroatoms. The number of ether oxygens (including phenoxy) is 1. The Bertz CT molecular complexity index is 741. The second kappa shape index (κ2) is 7.59. The van der Waals surface area contributed by atoms with Gasteiger partial charge in [0.15, 0.2) is 0 Å². The van der Waals surface area contributed by atoms with E-state index in [9.17, 15) is 0 Å². The van der Waals surface area contributed by atoms with Gasteiger partial charge in [-0.15, -0.1) is 0 Å². The summed E-state index contributed by atoms with van der Waals surface area (Å²) in [6.07, 6.45) is 4.75. The molecule has 2 N–H and O–H groups in total. The van der Waals surface area contributed by atoms with Gasteiger partial charge in [-0.1, -0.05) is 41.9 Å². The van der Waals surface area contributed by atoms with Crippen LogP contribution < -0.4 is 15.4 Å². The molecule has 0 radical (unpaired) electrons. The standard InChI is InChI=1S/C22H27ClN2O/c1-26-20-9-8-18(23)14-19(20)17-10-12-22(25-15-17)11-5-13-24-21(22)16-6-3-2-4-7-16/h2-4,6-9,14,17,21,24-25H,5,10-13,15H2,1H3/t17-,21?,22-/m0/s1. The molecule has 2 aliphatic heterocycles. The molecule has 2 aliphatic rings. The van der Waals surface area contributed by atoms with Crippen molar-refractivity contribution < 1.29 is 4.74 Å². The van der Waals surface area contributed by atoms with Crippen molar-refractivity contribution in [1.82, 2.24) is 10.6 Å². The van der Waals surface area contributed by atoms with Crippen molar-refractivity contribution in [3.05, 3.63) is 64.7 Å². The van der Waals surface area contributed by atoms with Crippen molar-refractivity contribution in [1.29, 1.82) is 0 Å². The molecule has 0 bridgehead atoms. The van der Waals surface area contributed by atoms with Crippen molar-refractivity contribution in [3.63, 3.8) is 0 Å². The Morgan fingerprint density at radius 1 is 1.12 bits per heavy atom. The van der Waals surface area contributed by atoms with E-state index in [4.69, 9.17) is 16.3 Å². The molecule has 26 heavy (non-hydrogen) atoms. The lowest BCUT2D eigenvalue weighted by Crippen LogP contribution is -2.60. The Hall–Kier alpha value is -1.55. The van der Waals surface area contributed by atoms with Crippen LogP contribution in [0, 0.1) is 0 Å². The summed E-state index contributed by atoms with van der Waals surface area (Å²) < 4.78 is 5.58. The first-order valence-corrected chi connectivity index (χ1v) is 9.96. The molecule has 2 aromatic rings. The van der Waals surface area contributed by atoms with Crippen LogP contribution in [-0.2, 0) is 0 Å². The second-order valence-corrected chi connectivity index (χ2v) is 8.00. The first-order valence-electron chi connectivity index (χ1n) is 9.59. The van der Waals surface area contributed by atoms with Crippen molar-refractivity contribution in [3.8, 4) is 5.75 Å². The van der Waals surface area contributed by atoms with Crippen molar-refractivity contribution in [2.24, 2.45) is 0 Å². The largest absolute Gasteiger partial charge is 0.496 e. The van der Waals surface area contributed by atoms with Crippen LogP contribution >= 0.6 is 11.6 Å². The van der Waals surface area contributed by atoms with Gasteiger partial charge >= 0.3 is 0 Å². The molecule has 1 unspecified atom stereocenters. The maximum Gasteiger partial charge on any atom is 0.122 e. The minimum Gasteiger partial charge on any atom is -0.496 e. The summed E-state index contributed by atoms with van der Waals surface area (Å²) in [6.45, 7) is 2.05. The van der Waals surface area contributed by atoms with Crippen molar-refractivity contribution in [2.75, 3.05) is 20.2 Å². The van der Waals surface area contributed by atoms with Crippen LogP contribution in [0.2, 0.25) is 5.02 Å². The summed E-state index contributed by atoms with van der Waals surface area (Å²) in [7, 11) is 1.74. The normalized spacial score (nSPS) is 28.8. The topological polar surface area (TPSA) is 33.3 Å². The molecule has 2 heterocycles. The molecule has 0 saturated carbocycles. The number of benzene rings is 2. The number of hydrogen-bond acceptors (Lipinski definition) is 3. The van der Waals surface area contributed by atoms with Gasteiger partial charge in [0, 0.05) is 23.0 Å². The molecule has 0 aromatic heterocycles. The molecule has 2 saturated heterocycles. The van der Waals surface area contributed by atoms with Crippen LogP contribution in [0.4, 0.5) is 0 Å². The summed E-state index contributed by atoms with van der Waals surface area (Å²) in [5.41, 5.74) is 2.75. The van der Waals surface area contributed by atoms with E-state index in [0.717, 1.165) is 36.7 Å². The van der Waals surface area contributed by atoms with Crippen molar-refractivity contribution in [2.45, 2.75) is 43.2 Å². The highest BCUT2D eigenvalue weighted by Gasteiger charge is 2.44. The van der Waals surface area contributed by atoms with Gasteiger partial charge < -0.3 is 15.4 Å². The minimum absolute atomic E-state index is 0.141. The van der Waals surface area contributed by atoms with E-state index in [1.807, 2.05) is 12.1 Å². The molecule has 3 atom stereocenters. The molecule has 138 valence electrons.